The van der Waals surface area contributed by atoms with Gasteiger partial charge in [-0.3, -0.25) is 4.79 Å². The average molecular weight is 399 g/mol. The molecule has 29 heavy (non-hydrogen) atoms. The van der Waals surface area contributed by atoms with Gasteiger partial charge in [-0.2, -0.15) is 0 Å². The van der Waals surface area contributed by atoms with E-state index in [1.807, 2.05) is 18.2 Å². The molecule has 0 radical (unpaired) electrons. The first-order chi connectivity index (χ1) is 14.1. The zero-order chi connectivity index (χ0) is 19.6. The van der Waals surface area contributed by atoms with E-state index in [1.54, 1.807) is 0 Å². The van der Waals surface area contributed by atoms with Crippen molar-refractivity contribution in [1.82, 2.24) is 5.32 Å². The highest BCUT2D eigenvalue weighted by Crippen LogP contribution is 2.62. The summed E-state index contributed by atoms with van der Waals surface area (Å²) in [6, 6.07) is 5.99. The predicted molar refractivity (Wildman–Crippen MR) is 104 cm³/mol. The van der Waals surface area contributed by atoms with Gasteiger partial charge in [-0.1, -0.05) is 13.0 Å². The molecule has 4 fully saturated rings. The van der Waals surface area contributed by atoms with E-state index in [9.17, 15) is 4.79 Å². The Morgan fingerprint density at radius 2 is 2.07 bits per heavy atom. The average Bonchev–Trinajstić information content (AvgIpc) is 3.18. The number of rotatable bonds is 4. The summed E-state index contributed by atoms with van der Waals surface area (Å²) in [6.45, 7) is 4.95. The molecule has 0 aromatic heterocycles. The third-order valence-electron chi connectivity index (χ3n) is 8.21. The number of ether oxygens (including phenoxy) is 4. The highest BCUT2D eigenvalue weighted by atomic mass is 16.7. The monoisotopic (exact) mass is 399 g/mol. The lowest BCUT2D eigenvalue weighted by molar-refractivity contribution is -0.147. The molecule has 0 unspecified atom stereocenters. The Kier molecular flexibility index (Phi) is 3.95. The van der Waals surface area contributed by atoms with Gasteiger partial charge in [0.25, 0.3) is 0 Å². The minimum absolute atomic E-state index is 0.0220. The van der Waals surface area contributed by atoms with Gasteiger partial charge in [0.15, 0.2) is 11.5 Å². The predicted octanol–water partition coefficient (Wildman–Crippen LogP) is 3.03. The summed E-state index contributed by atoms with van der Waals surface area (Å²) in [5.41, 5.74) is 1.49. The van der Waals surface area contributed by atoms with E-state index in [0.717, 1.165) is 36.5 Å². The maximum absolute atomic E-state index is 12.7. The fraction of sp³-hybridized carbons (Fsp3) is 0.696. The van der Waals surface area contributed by atoms with Crippen LogP contribution in [-0.4, -0.2) is 37.6 Å². The normalized spacial score (nSPS) is 41.8. The Balaban J connectivity index is 1.13. The number of carbonyl (C=O) groups excluding carboxylic acids is 1. The second-order valence-electron chi connectivity index (χ2n) is 9.92. The van der Waals surface area contributed by atoms with Crippen molar-refractivity contribution < 1.29 is 23.7 Å². The van der Waals surface area contributed by atoms with Gasteiger partial charge in [-0.15, -0.1) is 0 Å². The van der Waals surface area contributed by atoms with Crippen LogP contribution in [0.3, 0.4) is 0 Å². The molecule has 5 aliphatic rings. The zero-order valence-electron chi connectivity index (χ0n) is 16.9. The fourth-order valence-corrected chi connectivity index (χ4v) is 6.61. The van der Waals surface area contributed by atoms with Crippen LogP contribution in [0.5, 0.6) is 11.5 Å². The minimum Gasteiger partial charge on any atom is -0.462 e. The van der Waals surface area contributed by atoms with Gasteiger partial charge in [0.1, 0.15) is 6.10 Å². The number of hydrogen-bond acceptors (Lipinski definition) is 6. The number of esters is 1. The lowest BCUT2D eigenvalue weighted by Crippen LogP contribution is -2.51. The van der Waals surface area contributed by atoms with Crippen LogP contribution < -0.4 is 14.8 Å². The Bertz CT molecular complexity index is 837. The van der Waals surface area contributed by atoms with Gasteiger partial charge in [0.2, 0.25) is 6.79 Å². The molecule has 0 bridgehead atoms. The van der Waals surface area contributed by atoms with Gasteiger partial charge < -0.3 is 24.3 Å². The van der Waals surface area contributed by atoms with Crippen molar-refractivity contribution in [2.75, 3.05) is 19.9 Å². The highest BCUT2D eigenvalue weighted by molar-refractivity contribution is 5.75. The first-order valence-corrected chi connectivity index (χ1v) is 11.0. The van der Waals surface area contributed by atoms with Gasteiger partial charge >= 0.3 is 5.97 Å². The summed E-state index contributed by atoms with van der Waals surface area (Å²) in [5, 5.41) is 3.49. The van der Waals surface area contributed by atoms with E-state index in [2.05, 4.69) is 12.2 Å². The number of benzene rings is 1. The molecular weight excluding hydrogens is 370 g/mol. The molecular formula is C23H29NO5. The van der Waals surface area contributed by atoms with Crippen LogP contribution in [0.15, 0.2) is 18.2 Å². The summed E-state index contributed by atoms with van der Waals surface area (Å²) in [7, 11) is 0. The van der Waals surface area contributed by atoms with E-state index < -0.39 is 0 Å². The van der Waals surface area contributed by atoms with E-state index in [1.165, 1.54) is 19.3 Å². The van der Waals surface area contributed by atoms with Crippen LogP contribution in [0.25, 0.3) is 0 Å². The minimum atomic E-state index is -0.0590. The Hall–Kier alpha value is -1.79. The number of fused-ring (bicyclic) bond motifs is 4. The third-order valence-corrected chi connectivity index (χ3v) is 8.21. The summed E-state index contributed by atoms with van der Waals surface area (Å²) in [6.07, 6.45) is 5.79. The molecule has 6 heteroatoms. The highest BCUT2D eigenvalue weighted by Gasteiger charge is 2.64. The molecule has 2 saturated carbocycles. The Morgan fingerprint density at radius 1 is 1.21 bits per heavy atom. The molecule has 1 aromatic rings. The number of epoxide rings is 1. The smallest absolute Gasteiger partial charge is 0.310 e. The van der Waals surface area contributed by atoms with Gasteiger partial charge in [0.05, 0.1) is 18.1 Å². The molecule has 156 valence electrons. The maximum Gasteiger partial charge on any atom is 0.310 e. The summed E-state index contributed by atoms with van der Waals surface area (Å²) >= 11 is 0. The fourth-order valence-electron chi connectivity index (χ4n) is 6.61. The molecule has 1 spiro atoms. The van der Waals surface area contributed by atoms with E-state index >= 15 is 0 Å². The van der Waals surface area contributed by atoms with Crippen LogP contribution >= 0.6 is 0 Å². The van der Waals surface area contributed by atoms with Crippen molar-refractivity contribution in [3.63, 3.8) is 0 Å². The molecule has 2 saturated heterocycles. The van der Waals surface area contributed by atoms with Crippen LogP contribution in [0.4, 0.5) is 0 Å². The van der Waals surface area contributed by atoms with Crippen molar-refractivity contribution in [2.45, 2.75) is 57.3 Å². The number of nitrogens with one attached hydrogen (secondary N) is 1. The second-order valence-corrected chi connectivity index (χ2v) is 9.92. The molecule has 6 nitrogen and oxygen atoms in total. The van der Waals surface area contributed by atoms with Gasteiger partial charge in [-0.25, -0.2) is 0 Å². The Labute approximate surface area is 171 Å². The molecule has 6 atom stereocenters. The topological polar surface area (TPSA) is 69.3 Å². The third kappa shape index (κ3) is 2.87. The van der Waals surface area contributed by atoms with Gasteiger partial charge in [-0.05, 0) is 61.1 Å². The van der Waals surface area contributed by atoms with Crippen molar-refractivity contribution in [3.05, 3.63) is 23.8 Å². The number of carbonyl (C=O) groups is 1. The zero-order valence-corrected chi connectivity index (χ0v) is 16.9. The molecule has 3 aliphatic heterocycles. The number of hydrogen-bond donors (Lipinski definition) is 1. The quantitative estimate of drug-likeness (QED) is 0.620. The van der Waals surface area contributed by atoms with Crippen LogP contribution in [-0.2, 0) is 20.8 Å². The van der Waals surface area contributed by atoms with E-state index in [0.29, 0.717) is 24.9 Å². The largest absolute Gasteiger partial charge is 0.462 e. The van der Waals surface area contributed by atoms with Crippen molar-refractivity contribution in [1.29, 1.82) is 0 Å². The first-order valence-electron chi connectivity index (χ1n) is 11.0. The van der Waals surface area contributed by atoms with Crippen molar-refractivity contribution in [2.24, 2.45) is 23.2 Å². The lowest BCUT2D eigenvalue weighted by atomic mass is 9.53. The van der Waals surface area contributed by atoms with Crippen molar-refractivity contribution in [3.8, 4) is 11.5 Å². The van der Waals surface area contributed by atoms with E-state index in [-0.39, 0.29) is 35.8 Å². The van der Waals surface area contributed by atoms with Crippen LogP contribution in [0.2, 0.25) is 0 Å². The van der Waals surface area contributed by atoms with Crippen molar-refractivity contribution >= 4 is 5.97 Å². The Morgan fingerprint density at radius 3 is 2.93 bits per heavy atom. The molecule has 1 N–H and O–H groups in total. The molecule has 6 rings (SSSR count). The van der Waals surface area contributed by atoms with Crippen LogP contribution in [0, 0.1) is 23.2 Å². The van der Waals surface area contributed by atoms with E-state index in [4.69, 9.17) is 18.9 Å². The molecule has 2 aliphatic carbocycles. The van der Waals surface area contributed by atoms with Crippen LogP contribution in [0.1, 0.15) is 44.6 Å². The second kappa shape index (κ2) is 6.35. The molecule has 0 amide bonds. The SMILES string of the molecule is C[C@]12CCC[C@@]3(CO3)[C@H]1C[C@H]1[C@@H](C2)OC(=O)[C@@H]1CNCc1ccc2c(c1)OCO2. The summed E-state index contributed by atoms with van der Waals surface area (Å²) in [4.78, 5) is 12.7. The van der Waals surface area contributed by atoms with Gasteiger partial charge in [0, 0.05) is 19.0 Å². The standard InChI is InChI=1S/C23H29NO5/c1-22-5-2-6-23(12-28-23)20(22)8-15-16(21(25)29-19(15)9-22)11-24-10-14-3-4-17-18(7-14)27-13-26-17/h3-4,7,15-16,19-20,24H,2,5-6,8-13H2,1H3/t15-,16-,19-,20+,22-,23-/m1/s1. The summed E-state index contributed by atoms with van der Waals surface area (Å²) < 4.78 is 22.7. The molecule has 3 heterocycles. The summed E-state index contributed by atoms with van der Waals surface area (Å²) in [5.74, 6) is 2.38. The maximum atomic E-state index is 12.7. The lowest BCUT2D eigenvalue weighted by Gasteiger charge is -2.51. The first kappa shape index (κ1) is 18.0. The molecule has 1 aromatic carbocycles.